The zero-order valence-electron chi connectivity index (χ0n) is 10.8. The number of hydrogen-bond acceptors (Lipinski definition) is 4. The first-order chi connectivity index (χ1) is 8.36. The summed E-state index contributed by atoms with van der Waals surface area (Å²) in [6, 6.07) is 0.377. The first-order valence-corrected chi connectivity index (χ1v) is 6.59. The van der Waals surface area contributed by atoms with Gasteiger partial charge >= 0.3 is 0 Å². The van der Waals surface area contributed by atoms with Crippen LogP contribution < -0.4 is 5.32 Å². The molecule has 1 N–H and O–H groups in total. The van der Waals surface area contributed by atoms with Crippen molar-refractivity contribution in [3.05, 3.63) is 11.6 Å². The van der Waals surface area contributed by atoms with Gasteiger partial charge in [0.1, 0.15) is 11.6 Å². The highest BCUT2D eigenvalue weighted by atomic mass is 16.5. The number of nitrogens with zero attached hydrogens (tertiary/aromatic N) is 3. The van der Waals surface area contributed by atoms with E-state index in [1.165, 1.54) is 6.42 Å². The van der Waals surface area contributed by atoms with E-state index in [1.54, 1.807) is 0 Å². The summed E-state index contributed by atoms with van der Waals surface area (Å²) in [7, 11) is 0. The van der Waals surface area contributed by atoms with Crippen LogP contribution in [0, 0.1) is 0 Å². The molecule has 5 heteroatoms. The molecule has 1 unspecified atom stereocenters. The Morgan fingerprint density at radius 1 is 1.41 bits per heavy atom. The molecule has 1 aromatic heterocycles. The molecule has 2 heterocycles. The minimum Gasteiger partial charge on any atom is -0.381 e. The third-order valence-corrected chi connectivity index (χ3v) is 3.15. The predicted molar refractivity (Wildman–Crippen MR) is 65.9 cm³/mol. The number of hydrogen-bond donors (Lipinski definition) is 1. The van der Waals surface area contributed by atoms with Crippen molar-refractivity contribution >= 4 is 0 Å². The smallest absolute Gasteiger partial charge is 0.150 e. The lowest BCUT2D eigenvalue weighted by atomic mass is 10.1. The van der Waals surface area contributed by atoms with Crippen LogP contribution in [0.5, 0.6) is 0 Å². The molecule has 0 fully saturated rings. The Morgan fingerprint density at radius 2 is 2.29 bits per heavy atom. The van der Waals surface area contributed by atoms with E-state index in [0.717, 1.165) is 50.8 Å². The van der Waals surface area contributed by atoms with Crippen molar-refractivity contribution in [3.63, 3.8) is 0 Å². The molecule has 1 aliphatic rings. The van der Waals surface area contributed by atoms with E-state index < -0.39 is 0 Å². The summed E-state index contributed by atoms with van der Waals surface area (Å²) >= 11 is 0. The van der Waals surface area contributed by atoms with Gasteiger partial charge in [0.15, 0.2) is 0 Å². The molecule has 17 heavy (non-hydrogen) atoms. The lowest BCUT2D eigenvalue weighted by Crippen LogP contribution is -2.34. The summed E-state index contributed by atoms with van der Waals surface area (Å²) < 4.78 is 7.64. The van der Waals surface area contributed by atoms with Crippen LogP contribution in [0.15, 0.2) is 0 Å². The summed E-state index contributed by atoms with van der Waals surface area (Å²) in [6.45, 7) is 7.70. The minimum atomic E-state index is 0.377. The Labute approximate surface area is 103 Å². The summed E-state index contributed by atoms with van der Waals surface area (Å²) in [5, 5.41) is 12.1. The van der Waals surface area contributed by atoms with E-state index >= 15 is 0 Å². The molecule has 1 aliphatic heterocycles. The molecule has 96 valence electrons. The van der Waals surface area contributed by atoms with Crippen LogP contribution in [0.4, 0.5) is 0 Å². The Balaban J connectivity index is 2.05. The van der Waals surface area contributed by atoms with Gasteiger partial charge < -0.3 is 14.6 Å². The van der Waals surface area contributed by atoms with Crippen molar-refractivity contribution in [1.29, 1.82) is 0 Å². The average Bonchev–Trinajstić information content (AvgIpc) is 2.75. The van der Waals surface area contributed by atoms with Crippen molar-refractivity contribution in [3.8, 4) is 0 Å². The van der Waals surface area contributed by atoms with Crippen LogP contribution in [0.25, 0.3) is 0 Å². The number of ether oxygens (including phenoxy) is 1. The van der Waals surface area contributed by atoms with Crippen molar-refractivity contribution < 1.29 is 4.74 Å². The molecule has 0 bridgehead atoms. The van der Waals surface area contributed by atoms with E-state index in [4.69, 9.17) is 4.74 Å². The van der Waals surface area contributed by atoms with E-state index in [0.29, 0.717) is 6.04 Å². The molecule has 1 aromatic rings. The first-order valence-electron chi connectivity index (χ1n) is 6.59. The van der Waals surface area contributed by atoms with Crippen LogP contribution in [0.2, 0.25) is 0 Å². The molecule has 2 rings (SSSR count). The fourth-order valence-electron chi connectivity index (χ4n) is 2.31. The van der Waals surface area contributed by atoms with Gasteiger partial charge in [-0.05, 0) is 13.3 Å². The van der Waals surface area contributed by atoms with Crippen molar-refractivity contribution in [2.45, 2.75) is 45.7 Å². The van der Waals surface area contributed by atoms with E-state index in [-0.39, 0.29) is 0 Å². The van der Waals surface area contributed by atoms with Gasteiger partial charge in [0.25, 0.3) is 0 Å². The molecule has 5 nitrogen and oxygen atoms in total. The minimum absolute atomic E-state index is 0.377. The van der Waals surface area contributed by atoms with Gasteiger partial charge in [-0.15, -0.1) is 10.2 Å². The SMILES string of the molecule is CCCC1NCCn2c(CCOCC)nnc21. The zero-order chi connectivity index (χ0) is 12.1. The molecule has 0 aliphatic carbocycles. The molecule has 0 saturated carbocycles. The molecule has 0 aromatic carbocycles. The van der Waals surface area contributed by atoms with Crippen molar-refractivity contribution in [2.75, 3.05) is 19.8 Å². The summed E-state index contributed by atoms with van der Waals surface area (Å²) in [5.41, 5.74) is 0. The first kappa shape index (κ1) is 12.5. The van der Waals surface area contributed by atoms with Crippen LogP contribution in [-0.4, -0.2) is 34.5 Å². The van der Waals surface area contributed by atoms with Gasteiger partial charge in [0.2, 0.25) is 0 Å². The lowest BCUT2D eigenvalue weighted by Gasteiger charge is -2.24. The number of fused-ring (bicyclic) bond motifs is 1. The van der Waals surface area contributed by atoms with Crippen molar-refractivity contribution in [2.24, 2.45) is 0 Å². The second-order valence-electron chi connectivity index (χ2n) is 4.37. The lowest BCUT2D eigenvalue weighted by molar-refractivity contribution is 0.148. The van der Waals surface area contributed by atoms with Gasteiger partial charge in [-0.3, -0.25) is 0 Å². The van der Waals surface area contributed by atoms with Crippen LogP contribution in [0.1, 0.15) is 44.4 Å². The van der Waals surface area contributed by atoms with Gasteiger partial charge in [-0.25, -0.2) is 0 Å². The second kappa shape index (κ2) is 6.12. The average molecular weight is 238 g/mol. The quantitative estimate of drug-likeness (QED) is 0.759. The highest BCUT2D eigenvalue weighted by molar-refractivity contribution is 5.04. The molecule has 0 radical (unpaired) electrons. The molecule has 0 amide bonds. The van der Waals surface area contributed by atoms with Crippen LogP contribution in [0.3, 0.4) is 0 Å². The summed E-state index contributed by atoms with van der Waals surface area (Å²) in [4.78, 5) is 0. The maximum absolute atomic E-state index is 5.38. The molecule has 0 spiro atoms. The van der Waals surface area contributed by atoms with E-state index in [2.05, 4.69) is 27.0 Å². The number of nitrogens with one attached hydrogen (secondary N) is 1. The maximum Gasteiger partial charge on any atom is 0.150 e. The monoisotopic (exact) mass is 238 g/mol. The Morgan fingerprint density at radius 3 is 3.06 bits per heavy atom. The molecule has 0 saturated heterocycles. The van der Waals surface area contributed by atoms with Gasteiger partial charge in [-0.2, -0.15) is 0 Å². The van der Waals surface area contributed by atoms with Crippen LogP contribution in [-0.2, 0) is 17.7 Å². The van der Waals surface area contributed by atoms with E-state index in [9.17, 15) is 0 Å². The fraction of sp³-hybridized carbons (Fsp3) is 0.833. The number of rotatable bonds is 6. The Bertz CT molecular complexity index is 350. The molecular weight excluding hydrogens is 216 g/mol. The van der Waals surface area contributed by atoms with Gasteiger partial charge in [0, 0.05) is 26.1 Å². The van der Waals surface area contributed by atoms with Crippen LogP contribution >= 0.6 is 0 Å². The molecular formula is C12H22N4O. The largest absolute Gasteiger partial charge is 0.381 e. The maximum atomic E-state index is 5.38. The predicted octanol–water partition coefficient (Wildman–Crippen LogP) is 1.30. The summed E-state index contributed by atoms with van der Waals surface area (Å²) in [5.74, 6) is 2.17. The highest BCUT2D eigenvalue weighted by Crippen LogP contribution is 2.20. The summed E-state index contributed by atoms with van der Waals surface area (Å²) in [6.07, 6.45) is 3.15. The van der Waals surface area contributed by atoms with Gasteiger partial charge in [0.05, 0.1) is 12.6 Å². The standard InChI is InChI=1S/C12H22N4O/c1-3-5-10-12-15-14-11(6-9-17-4-2)16(12)8-7-13-10/h10,13H,3-9H2,1-2H3. The number of aromatic nitrogens is 3. The fourth-order valence-corrected chi connectivity index (χ4v) is 2.31. The third-order valence-electron chi connectivity index (χ3n) is 3.15. The highest BCUT2D eigenvalue weighted by Gasteiger charge is 2.23. The van der Waals surface area contributed by atoms with Gasteiger partial charge in [-0.1, -0.05) is 13.3 Å². The van der Waals surface area contributed by atoms with Crippen molar-refractivity contribution in [1.82, 2.24) is 20.1 Å². The third kappa shape index (κ3) is 2.84. The molecule has 1 atom stereocenters. The second-order valence-corrected chi connectivity index (χ2v) is 4.37. The normalized spacial score (nSPS) is 19.3. The Kier molecular flexibility index (Phi) is 4.50. The Hall–Kier alpha value is -0.940. The topological polar surface area (TPSA) is 52.0 Å². The zero-order valence-corrected chi connectivity index (χ0v) is 10.8. The van der Waals surface area contributed by atoms with E-state index in [1.807, 2.05) is 6.92 Å².